The summed E-state index contributed by atoms with van der Waals surface area (Å²) < 4.78 is 5.92. The third-order valence-electron chi connectivity index (χ3n) is 5.61. The van der Waals surface area contributed by atoms with Gasteiger partial charge in [-0.1, -0.05) is 76.8 Å². The van der Waals surface area contributed by atoms with Crippen molar-refractivity contribution in [2.24, 2.45) is 0 Å². The number of aryl methyl sites for hydroxylation is 1. The lowest BCUT2D eigenvalue weighted by Crippen LogP contribution is -2.33. The fourth-order valence-corrected chi connectivity index (χ4v) is 3.55. The summed E-state index contributed by atoms with van der Waals surface area (Å²) in [5.41, 5.74) is 1.40. The first-order valence-corrected chi connectivity index (χ1v) is 12.2. The number of rotatable bonds is 19. The standard InChI is InChI=1S/C26H48N2O/c1-5-6-7-8-9-10-11-12-13-14-23-29-26-19-17-25(18-20-26)16-15-24(2)27-21-22-28(3)4/h17-20,24,27H,5-16,21-23H2,1-4H3. The van der Waals surface area contributed by atoms with Crippen molar-refractivity contribution in [2.45, 2.75) is 96.9 Å². The van der Waals surface area contributed by atoms with Crippen LogP contribution in [0.15, 0.2) is 24.3 Å². The lowest BCUT2D eigenvalue weighted by Gasteiger charge is -2.16. The molecule has 0 saturated heterocycles. The highest BCUT2D eigenvalue weighted by molar-refractivity contribution is 5.27. The fraction of sp³-hybridized carbons (Fsp3) is 0.769. The zero-order chi connectivity index (χ0) is 21.2. The van der Waals surface area contributed by atoms with Crippen LogP contribution in [0.25, 0.3) is 0 Å². The van der Waals surface area contributed by atoms with Crippen molar-refractivity contribution in [2.75, 3.05) is 33.8 Å². The van der Waals surface area contributed by atoms with Crippen molar-refractivity contribution in [1.29, 1.82) is 0 Å². The van der Waals surface area contributed by atoms with Crippen molar-refractivity contribution in [3.63, 3.8) is 0 Å². The minimum atomic E-state index is 0.558. The van der Waals surface area contributed by atoms with E-state index in [4.69, 9.17) is 4.74 Å². The van der Waals surface area contributed by atoms with Crippen molar-refractivity contribution in [3.05, 3.63) is 29.8 Å². The SMILES string of the molecule is CCCCCCCCCCCCOc1ccc(CCC(C)NCCN(C)C)cc1. The van der Waals surface area contributed by atoms with E-state index >= 15 is 0 Å². The van der Waals surface area contributed by atoms with E-state index in [1.807, 2.05) is 0 Å². The van der Waals surface area contributed by atoms with Crippen molar-refractivity contribution >= 4 is 0 Å². The van der Waals surface area contributed by atoms with Gasteiger partial charge in [-0.15, -0.1) is 0 Å². The Morgan fingerprint density at radius 1 is 0.862 bits per heavy atom. The van der Waals surface area contributed by atoms with Crippen LogP contribution in [0.1, 0.15) is 90.0 Å². The number of hydrogen-bond acceptors (Lipinski definition) is 3. The number of unbranched alkanes of at least 4 members (excludes halogenated alkanes) is 9. The van der Waals surface area contributed by atoms with Gasteiger partial charge in [-0.05, 0) is 58.0 Å². The maximum atomic E-state index is 5.92. The van der Waals surface area contributed by atoms with Crippen molar-refractivity contribution in [3.8, 4) is 5.75 Å². The molecule has 1 N–H and O–H groups in total. The molecular formula is C26H48N2O. The van der Waals surface area contributed by atoms with Gasteiger partial charge < -0.3 is 15.0 Å². The van der Waals surface area contributed by atoms with Gasteiger partial charge in [0.15, 0.2) is 0 Å². The summed E-state index contributed by atoms with van der Waals surface area (Å²) in [4.78, 5) is 2.22. The highest BCUT2D eigenvalue weighted by atomic mass is 16.5. The number of nitrogens with zero attached hydrogens (tertiary/aromatic N) is 1. The summed E-state index contributed by atoms with van der Waals surface area (Å²) in [6, 6.07) is 9.27. The Morgan fingerprint density at radius 3 is 2.03 bits per heavy atom. The molecule has 3 nitrogen and oxygen atoms in total. The molecule has 3 heteroatoms. The summed E-state index contributed by atoms with van der Waals surface area (Å²) >= 11 is 0. The van der Waals surface area contributed by atoms with Crippen LogP contribution in [-0.2, 0) is 6.42 Å². The summed E-state index contributed by atoms with van der Waals surface area (Å²) in [6.07, 6.45) is 16.0. The lowest BCUT2D eigenvalue weighted by atomic mass is 10.1. The summed E-state index contributed by atoms with van der Waals surface area (Å²) in [6.45, 7) is 7.56. The minimum Gasteiger partial charge on any atom is -0.494 e. The number of nitrogens with one attached hydrogen (secondary N) is 1. The first-order chi connectivity index (χ1) is 14.1. The number of ether oxygens (including phenoxy) is 1. The Morgan fingerprint density at radius 2 is 1.45 bits per heavy atom. The average Bonchev–Trinajstić information content (AvgIpc) is 2.71. The predicted octanol–water partition coefficient (Wildman–Crippen LogP) is 6.46. The topological polar surface area (TPSA) is 24.5 Å². The number of likely N-dealkylation sites (N-methyl/N-ethyl adjacent to an activating group) is 1. The molecule has 0 radical (unpaired) electrons. The second-order valence-corrected chi connectivity index (χ2v) is 8.87. The molecule has 29 heavy (non-hydrogen) atoms. The fourth-order valence-electron chi connectivity index (χ4n) is 3.55. The first-order valence-electron chi connectivity index (χ1n) is 12.2. The van der Waals surface area contributed by atoms with Gasteiger partial charge in [-0.2, -0.15) is 0 Å². The summed E-state index contributed by atoms with van der Waals surface area (Å²) in [7, 11) is 4.24. The monoisotopic (exact) mass is 404 g/mol. The van der Waals surface area contributed by atoms with Gasteiger partial charge in [0.05, 0.1) is 6.61 Å². The zero-order valence-electron chi connectivity index (χ0n) is 19.8. The Hall–Kier alpha value is -1.06. The molecule has 0 aliphatic rings. The van der Waals surface area contributed by atoms with Crippen LogP contribution in [0, 0.1) is 0 Å². The Bertz CT molecular complexity index is 472. The second-order valence-electron chi connectivity index (χ2n) is 8.87. The van der Waals surface area contributed by atoms with Crippen LogP contribution in [-0.4, -0.2) is 44.7 Å². The van der Waals surface area contributed by atoms with Gasteiger partial charge >= 0.3 is 0 Å². The van der Waals surface area contributed by atoms with Crippen LogP contribution in [0.4, 0.5) is 0 Å². The molecule has 0 bridgehead atoms. The third kappa shape index (κ3) is 15.4. The van der Waals surface area contributed by atoms with E-state index in [-0.39, 0.29) is 0 Å². The van der Waals surface area contributed by atoms with Gasteiger partial charge in [0.1, 0.15) is 5.75 Å². The van der Waals surface area contributed by atoms with Gasteiger partial charge in [-0.3, -0.25) is 0 Å². The molecule has 0 heterocycles. The molecule has 0 aliphatic carbocycles. The molecule has 1 aromatic carbocycles. The van der Waals surface area contributed by atoms with Gasteiger partial charge in [0.2, 0.25) is 0 Å². The van der Waals surface area contributed by atoms with Gasteiger partial charge in [0.25, 0.3) is 0 Å². The van der Waals surface area contributed by atoms with E-state index in [1.54, 1.807) is 0 Å². The van der Waals surface area contributed by atoms with E-state index in [9.17, 15) is 0 Å². The smallest absolute Gasteiger partial charge is 0.119 e. The lowest BCUT2D eigenvalue weighted by molar-refractivity contribution is 0.304. The maximum absolute atomic E-state index is 5.92. The second kappa shape index (κ2) is 17.8. The van der Waals surface area contributed by atoms with Gasteiger partial charge in [-0.25, -0.2) is 0 Å². The molecule has 1 rings (SSSR count). The summed E-state index contributed by atoms with van der Waals surface area (Å²) in [5.74, 6) is 1.02. The zero-order valence-corrected chi connectivity index (χ0v) is 19.8. The van der Waals surface area contributed by atoms with Gasteiger partial charge in [0, 0.05) is 19.1 Å². The van der Waals surface area contributed by atoms with E-state index in [1.165, 1.54) is 76.2 Å². The average molecular weight is 405 g/mol. The molecule has 0 spiro atoms. The molecule has 0 aliphatic heterocycles. The van der Waals surface area contributed by atoms with E-state index in [0.29, 0.717) is 6.04 Å². The van der Waals surface area contributed by atoms with E-state index in [2.05, 4.69) is 62.4 Å². The normalized spacial score (nSPS) is 12.4. The molecule has 1 aromatic rings. The highest BCUT2D eigenvalue weighted by Gasteiger charge is 2.03. The quantitative estimate of drug-likeness (QED) is 0.268. The summed E-state index contributed by atoms with van der Waals surface area (Å²) in [5, 5.41) is 3.59. The molecule has 1 atom stereocenters. The molecule has 0 fully saturated rings. The highest BCUT2D eigenvalue weighted by Crippen LogP contribution is 2.15. The molecule has 168 valence electrons. The first kappa shape index (κ1) is 26.0. The van der Waals surface area contributed by atoms with E-state index in [0.717, 1.165) is 31.9 Å². The van der Waals surface area contributed by atoms with Crippen LogP contribution >= 0.6 is 0 Å². The maximum Gasteiger partial charge on any atom is 0.119 e. The Kier molecular flexibility index (Phi) is 15.9. The molecule has 0 aromatic heterocycles. The number of hydrogen-bond donors (Lipinski definition) is 1. The third-order valence-corrected chi connectivity index (χ3v) is 5.61. The largest absolute Gasteiger partial charge is 0.494 e. The molecular weight excluding hydrogens is 356 g/mol. The van der Waals surface area contributed by atoms with Crippen LogP contribution in [0.3, 0.4) is 0 Å². The molecule has 1 unspecified atom stereocenters. The van der Waals surface area contributed by atoms with Crippen molar-refractivity contribution < 1.29 is 4.74 Å². The van der Waals surface area contributed by atoms with Crippen LogP contribution in [0.5, 0.6) is 5.75 Å². The Balaban J connectivity index is 2.01. The molecule has 0 saturated carbocycles. The van der Waals surface area contributed by atoms with Crippen LogP contribution in [0.2, 0.25) is 0 Å². The van der Waals surface area contributed by atoms with Crippen molar-refractivity contribution in [1.82, 2.24) is 10.2 Å². The minimum absolute atomic E-state index is 0.558. The Labute approximate surface area is 181 Å². The van der Waals surface area contributed by atoms with Crippen LogP contribution < -0.4 is 10.1 Å². The predicted molar refractivity (Wildman–Crippen MR) is 128 cm³/mol. The molecule has 0 amide bonds. The van der Waals surface area contributed by atoms with E-state index < -0.39 is 0 Å². The number of benzene rings is 1.